The van der Waals surface area contributed by atoms with Crippen LogP contribution in [0.2, 0.25) is 0 Å². The molecule has 0 aliphatic rings. The van der Waals surface area contributed by atoms with Gasteiger partial charge in [-0.1, -0.05) is 31.2 Å². The van der Waals surface area contributed by atoms with Crippen LogP contribution in [0.15, 0.2) is 55.0 Å². The van der Waals surface area contributed by atoms with E-state index in [2.05, 4.69) is 24.2 Å². The van der Waals surface area contributed by atoms with Gasteiger partial charge in [-0.05, 0) is 29.7 Å². The van der Waals surface area contributed by atoms with Crippen LogP contribution in [0.5, 0.6) is 0 Å². The molecule has 0 atom stereocenters. The van der Waals surface area contributed by atoms with E-state index in [1.807, 2.05) is 41.1 Å². The Morgan fingerprint density at radius 3 is 2.50 bits per heavy atom. The third-order valence-corrected chi connectivity index (χ3v) is 4.08. The first-order valence-electron chi connectivity index (χ1n) is 8.83. The van der Waals surface area contributed by atoms with Crippen LogP contribution < -0.4 is 0 Å². The summed E-state index contributed by atoms with van der Waals surface area (Å²) in [5.41, 5.74) is 5.12. The topological polar surface area (TPSA) is 63.7 Å². The number of rotatable bonds is 8. The van der Waals surface area contributed by atoms with Gasteiger partial charge in [0.05, 0.1) is 25.6 Å². The van der Waals surface area contributed by atoms with Crippen LogP contribution in [0.4, 0.5) is 0 Å². The maximum Gasteiger partial charge on any atom is 0.100 e. The van der Waals surface area contributed by atoms with Crippen LogP contribution in [0.1, 0.15) is 18.9 Å². The lowest BCUT2D eigenvalue weighted by Crippen LogP contribution is -2.07. The van der Waals surface area contributed by atoms with E-state index in [0.29, 0.717) is 19.6 Å². The Morgan fingerprint density at radius 1 is 1.04 bits per heavy atom. The van der Waals surface area contributed by atoms with E-state index in [4.69, 9.17) is 15.1 Å². The van der Waals surface area contributed by atoms with Gasteiger partial charge in [0.2, 0.25) is 0 Å². The molecule has 132 valence electrons. The molecule has 0 aliphatic heterocycles. The Labute approximate surface area is 153 Å². The summed E-state index contributed by atoms with van der Waals surface area (Å²) in [6.45, 7) is 4.23. The monoisotopic (exact) mass is 346 g/mol. The van der Waals surface area contributed by atoms with Crippen LogP contribution in [0, 0.1) is 11.3 Å². The highest BCUT2D eigenvalue weighted by atomic mass is 16.5. The van der Waals surface area contributed by atoms with Gasteiger partial charge < -0.3 is 4.74 Å². The average molecular weight is 346 g/mol. The van der Waals surface area contributed by atoms with E-state index >= 15 is 0 Å². The predicted octanol–water partition coefficient (Wildman–Crippen LogP) is 4.10. The molecule has 0 saturated carbocycles. The molecular weight excluding hydrogens is 324 g/mol. The minimum absolute atomic E-state index is 0.422. The van der Waals surface area contributed by atoms with Crippen molar-refractivity contribution in [3.8, 4) is 28.5 Å². The van der Waals surface area contributed by atoms with Gasteiger partial charge in [0.15, 0.2) is 0 Å². The third kappa shape index (κ3) is 4.35. The highest BCUT2D eigenvalue weighted by Gasteiger charge is 2.13. The maximum absolute atomic E-state index is 8.84. The second-order valence-electron chi connectivity index (χ2n) is 6.03. The van der Waals surface area contributed by atoms with Crippen molar-refractivity contribution in [2.24, 2.45) is 0 Å². The summed E-state index contributed by atoms with van der Waals surface area (Å²) in [7, 11) is 0. The number of aromatic nitrogens is 3. The maximum atomic E-state index is 8.84. The van der Waals surface area contributed by atoms with Crippen LogP contribution in [0.3, 0.4) is 0 Å². The molecule has 0 radical (unpaired) electrons. The number of ether oxygens (including phenoxy) is 1. The van der Waals surface area contributed by atoms with Crippen molar-refractivity contribution in [2.75, 3.05) is 13.2 Å². The SMILES string of the molecule is CCCOCCn1cc(-c2ccc(CC#N)cc2)c(-c2ccncc2)n1. The predicted molar refractivity (Wildman–Crippen MR) is 101 cm³/mol. The average Bonchev–Trinajstić information content (AvgIpc) is 3.11. The van der Waals surface area contributed by atoms with Gasteiger partial charge in [-0.3, -0.25) is 9.67 Å². The zero-order chi connectivity index (χ0) is 18.2. The summed E-state index contributed by atoms with van der Waals surface area (Å²) < 4.78 is 7.52. The summed E-state index contributed by atoms with van der Waals surface area (Å²) in [5.74, 6) is 0. The Hall–Kier alpha value is -2.97. The molecule has 5 heteroatoms. The van der Waals surface area contributed by atoms with Crippen molar-refractivity contribution in [1.82, 2.24) is 14.8 Å². The molecule has 2 aromatic heterocycles. The Morgan fingerprint density at radius 2 is 1.81 bits per heavy atom. The van der Waals surface area contributed by atoms with Crippen LogP contribution >= 0.6 is 0 Å². The lowest BCUT2D eigenvalue weighted by molar-refractivity contribution is 0.124. The van der Waals surface area contributed by atoms with E-state index in [0.717, 1.165) is 41.0 Å². The van der Waals surface area contributed by atoms with Crippen LogP contribution in [-0.4, -0.2) is 28.0 Å². The van der Waals surface area contributed by atoms with Gasteiger partial charge >= 0.3 is 0 Å². The lowest BCUT2D eigenvalue weighted by Gasteiger charge is -2.03. The largest absolute Gasteiger partial charge is 0.380 e. The number of hydrogen-bond donors (Lipinski definition) is 0. The fourth-order valence-corrected chi connectivity index (χ4v) is 2.77. The number of pyridine rings is 1. The molecular formula is C21H22N4O. The molecule has 0 aliphatic carbocycles. The van der Waals surface area contributed by atoms with E-state index in [9.17, 15) is 0 Å². The van der Waals surface area contributed by atoms with Gasteiger partial charge in [0.1, 0.15) is 5.69 Å². The number of nitrogens with zero attached hydrogens (tertiary/aromatic N) is 4. The Bertz CT molecular complexity index is 863. The zero-order valence-electron chi connectivity index (χ0n) is 14.9. The smallest absolute Gasteiger partial charge is 0.100 e. The molecule has 0 spiro atoms. The van der Waals surface area contributed by atoms with E-state index in [1.165, 1.54) is 0 Å². The molecule has 5 nitrogen and oxygen atoms in total. The molecule has 0 saturated heterocycles. The molecule has 0 amide bonds. The Kier molecular flexibility index (Phi) is 6.13. The Balaban J connectivity index is 1.91. The second-order valence-corrected chi connectivity index (χ2v) is 6.03. The van der Waals surface area contributed by atoms with Gasteiger partial charge in [0, 0.05) is 36.3 Å². The minimum Gasteiger partial charge on any atom is -0.380 e. The summed E-state index contributed by atoms with van der Waals surface area (Å²) >= 11 is 0. The fourth-order valence-electron chi connectivity index (χ4n) is 2.77. The van der Waals surface area contributed by atoms with Crippen molar-refractivity contribution in [1.29, 1.82) is 5.26 Å². The normalized spacial score (nSPS) is 10.6. The molecule has 0 N–H and O–H groups in total. The van der Waals surface area contributed by atoms with Gasteiger partial charge in [-0.15, -0.1) is 0 Å². The molecule has 0 bridgehead atoms. The quantitative estimate of drug-likeness (QED) is 0.576. The number of nitriles is 1. The first kappa shape index (κ1) is 17.8. The van der Waals surface area contributed by atoms with Crippen molar-refractivity contribution < 1.29 is 4.74 Å². The standard InChI is InChI=1S/C21H22N4O/c1-2-14-26-15-13-25-16-20(18-5-3-17(4-6-18)7-10-22)21(24-25)19-8-11-23-12-9-19/h3-6,8-9,11-12,16H,2,7,13-15H2,1H3. The summed E-state index contributed by atoms with van der Waals surface area (Å²) in [6, 6.07) is 14.2. The van der Waals surface area contributed by atoms with Gasteiger partial charge in [-0.25, -0.2) is 0 Å². The van der Waals surface area contributed by atoms with Gasteiger partial charge in [-0.2, -0.15) is 10.4 Å². The molecule has 3 rings (SSSR count). The highest BCUT2D eigenvalue weighted by Crippen LogP contribution is 2.31. The second kappa shape index (κ2) is 8.93. The van der Waals surface area contributed by atoms with Crippen LogP contribution in [0.25, 0.3) is 22.4 Å². The molecule has 0 fully saturated rings. The molecule has 0 unspecified atom stereocenters. The zero-order valence-corrected chi connectivity index (χ0v) is 14.9. The van der Waals surface area contributed by atoms with Crippen LogP contribution in [-0.2, 0) is 17.7 Å². The van der Waals surface area contributed by atoms with Crippen molar-refractivity contribution in [2.45, 2.75) is 26.3 Å². The van der Waals surface area contributed by atoms with Crippen molar-refractivity contribution >= 4 is 0 Å². The molecule has 3 aromatic rings. The third-order valence-electron chi connectivity index (χ3n) is 4.08. The van der Waals surface area contributed by atoms with E-state index in [1.54, 1.807) is 12.4 Å². The van der Waals surface area contributed by atoms with Crippen molar-refractivity contribution in [3.05, 3.63) is 60.6 Å². The van der Waals surface area contributed by atoms with E-state index in [-0.39, 0.29) is 0 Å². The summed E-state index contributed by atoms with van der Waals surface area (Å²) in [4.78, 5) is 4.10. The molecule has 26 heavy (non-hydrogen) atoms. The molecule has 2 heterocycles. The summed E-state index contributed by atoms with van der Waals surface area (Å²) in [6.07, 6.45) is 7.05. The van der Waals surface area contributed by atoms with Crippen molar-refractivity contribution in [3.63, 3.8) is 0 Å². The number of benzene rings is 1. The van der Waals surface area contributed by atoms with E-state index < -0.39 is 0 Å². The molecule has 1 aromatic carbocycles. The van der Waals surface area contributed by atoms with Gasteiger partial charge in [0.25, 0.3) is 0 Å². The lowest BCUT2D eigenvalue weighted by atomic mass is 10.0. The summed E-state index contributed by atoms with van der Waals surface area (Å²) in [5, 5.41) is 13.6. The first-order chi connectivity index (χ1) is 12.8. The highest BCUT2D eigenvalue weighted by molar-refractivity contribution is 5.80. The minimum atomic E-state index is 0.422. The first-order valence-corrected chi connectivity index (χ1v) is 8.83. The fraction of sp³-hybridized carbons (Fsp3) is 0.286. The number of hydrogen-bond acceptors (Lipinski definition) is 4.